The lowest BCUT2D eigenvalue weighted by molar-refractivity contribution is 0.0996. The van der Waals surface area contributed by atoms with Gasteiger partial charge in [-0.15, -0.1) is 0 Å². The number of carbonyl (C=O) groups is 1. The molecule has 0 spiro atoms. The summed E-state index contributed by atoms with van der Waals surface area (Å²) in [6.07, 6.45) is 3.49. The van der Waals surface area contributed by atoms with E-state index in [4.69, 9.17) is 5.73 Å². The van der Waals surface area contributed by atoms with Crippen molar-refractivity contribution in [1.29, 1.82) is 0 Å². The number of primary amides is 1. The fraction of sp³-hybridized carbons (Fsp3) is 0. The summed E-state index contributed by atoms with van der Waals surface area (Å²) in [6.45, 7) is 0. The topological polar surface area (TPSA) is 73.3 Å². The molecule has 0 aliphatic rings. The zero-order valence-electron chi connectivity index (χ0n) is 8.29. The van der Waals surface area contributed by atoms with Gasteiger partial charge < -0.3 is 5.73 Å². The highest BCUT2D eigenvalue weighted by atomic mass is 16.1. The lowest BCUT2D eigenvalue weighted by Gasteiger charge is -2.02. The minimum absolute atomic E-state index is 0.258. The summed E-state index contributed by atoms with van der Waals surface area (Å²) in [5.41, 5.74) is 6.94. The predicted octanol–water partition coefficient (Wildman–Crippen LogP) is 0.981. The third-order valence-electron chi connectivity index (χ3n) is 2.47. The predicted molar refractivity (Wildman–Crippen MR) is 59.0 cm³/mol. The number of fused-ring (bicyclic) bond motifs is 3. The molecule has 3 heterocycles. The van der Waals surface area contributed by atoms with Crippen LogP contribution < -0.4 is 5.73 Å². The van der Waals surface area contributed by atoms with E-state index in [1.807, 2.05) is 22.6 Å². The van der Waals surface area contributed by atoms with Gasteiger partial charge in [-0.05, 0) is 24.3 Å². The third kappa shape index (κ3) is 1.15. The van der Waals surface area contributed by atoms with Gasteiger partial charge in [0.05, 0.1) is 0 Å². The van der Waals surface area contributed by atoms with Crippen molar-refractivity contribution in [3.8, 4) is 0 Å². The van der Waals surface area contributed by atoms with Crippen molar-refractivity contribution in [3.05, 3.63) is 42.4 Å². The van der Waals surface area contributed by atoms with E-state index in [0.29, 0.717) is 5.65 Å². The second-order valence-corrected chi connectivity index (χ2v) is 3.46. The van der Waals surface area contributed by atoms with Crippen molar-refractivity contribution < 1.29 is 4.79 Å². The first kappa shape index (κ1) is 8.84. The van der Waals surface area contributed by atoms with Gasteiger partial charge in [0, 0.05) is 17.8 Å². The molecule has 5 nitrogen and oxygen atoms in total. The summed E-state index contributed by atoms with van der Waals surface area (Å²) in [6, 6.07) is 7.25. The standard InChI is InChI=1S/C11H8N4O/c12-10(16)8-3-1-7-2-4-9-13-5-6-15(9)11(7)14-8/h1-6H,(H2,12,16). The maximum atomic E-state index is 11.1. The van der Waals surface area contributed by atoms with Crippen LogP contribution in [-0.2, 0) is 0 Å². The summed E-state index contributed by atoms with van der Waals surface area (Å²) in [5.74, 6) is -0.529. The van der Waals surface area contributed by atoms with Crippen LogP contribution >= 0.6 is 0 Å². The summed E-state index contributed by atoms with van der Waals surface area (Å²) >= 11 is 0. The normalized spacial score (nSPS) is 11.0. The molecule has 2 N–H and O–H groups in total. The van der Waals surface area contributed by atoms with E-state index in [-0.39, 0.29) is 5.69 Å². The molecule has 3 rings (SSSR count). The molecule has 0 aliphatic carbocycles. The molecular formula is C11H8N4O. The molecule has 16 heavy (non-hydrogen) atoms. The van der Waals surface area contributed by atoms with Crippen LogP contribution in [0.5, 0.6) is 0 Å². The lowest BCUT2D eigenvalue weighted by atomic mass is 10.2. The van der Waals surface area contributed by atoms with Crippen molar-refractivity contribution in [2.24, 2.45) is 5.73 Å². The Hall–Kier alpha value is -2.43. The second kappa shape index (κ2) is 3.03. The first-order valence-electron chi connectivity index (χ1n) is 4.78. The molecule has 1 amide bonds. The van der Waals surface area contributed by atoms with Crippen LogP contribution in [0.2, 0.25) is 0 Å². The Labute approximate surface area is 90.5 Å². The van der Waals surface area contributed by atoms with E-state index >= 15 is 0 Å². The quantitative estimate of drug-likeness (QED) is 0.653. The molecule has 0 fully saturated rings. The van der Waals surface area contributed by atoms with E-state index in [9.17, 15) is 4.79 Å². The molecule has 0 bridgehead atoms. The number of hydrogen-bond donors (Lipinski definition) is 1. The van der Waals surface area contributed by atoms with Crippen molar-refractivity contribution in [2.45, 2.75) is 0 Å². The summed E-state index contributed by atoms with van der Waals surface area (Å²) in [4.78, 5) is 19.4. The van der Waals surface area contributed by atoms with Crippen LogP contribution in [0.25, 0.3) is 16.7 Å². The molecule has 3 aromatic heterocycles. The number of aromatic nitrogens is 3. The van der Waals surface area contributed by atoms with Crippen LogP contribution in [0, 0.1) is 0 Å². The highest BCUT2D eigenvalue weighted by Gasteiger charge is 2.06. The number of pyridine rings is 2. The Bertz CT molecular complexity index is 701. The molecule has 0 radical (unpaired) electrons. The number of carbonyl (C=O) groups excluding carboxylic acids is 1. The molecule has 0 aliphatic heterocycles. The Morgan fingerprint density at radius 2 is 2.06 bits per heavy atom. The smallest absolute Gasteiger partial charge is 0.267 e. The first-order valence-corrected chi connectivity index (χ1v) is 4.78. The summed E-state index contributed by atoms with van der Waals surface area (Å²) < 4.78 is 1.82. The maximum Gasteiger partial charge on any atom is 0.267 e. The molecule has 0 atom stereocenters. The minimum Gasteiger partial charge on any atom is -0.364 e. The van der Waals surface area contributed by atoms with Crippen molar-refractivity contribution in [3.63, 3.8) is 0 Å². The van der Waals surface area contributed by atoms with Gasteiger partial charge in [-0.3, -0.25) is 9.20 Å². The average Bonchev–Trinajstić information content (AvgIpc) is 2.76. The maximum absolute atomic E-state index is 11.1. The van der Waals surface area contributed by atoms with Crippen molar-refractivity contribution >= 4 is 22.6 Å². The van der Waals surface area contributed by atoms with Crippen molar-refractivity contribution in [2.75, 3.05) is 0 Å². The van der Waals surface area contributed by atoms with E-state index in [1.165, 1.54) is 0 Å². The Morgan fingerprint density at radius 3 is 2.88 bits per heavy atom. The molecular weight excluding hydrogens is 204 g/mol. The van der Waals surface area contributed by atoms with Crippen LogP contribution in [-0.4, -0.2) is 20.3 Å². The molecule has 0 saturated heterocycles. The van der Waals surface area contributed by atoms with Gasteiger partial charge in [-0.2, -0.15) is 0 Å². The van der Waals surface area contributed by atoms with Crippen LogP contribution in [0.4, 0.5) is 0 Å². The molecule has 78 valence electrons. The van der Waals surface area contributed by atoms with Crippen LogP contribution in [0.15, 0.2) is 36.7 Å². The third-order valence-corrected chi connectivity index (χ3v) is 2.47. The molecule has 3 aromatic rings. The van der Waals surface area contributed by atoms with Gasteiger partial charge in [0.25, 0.3) is 5.91 Å². The van der Waals surface area contributed by atoms with Gasteiger partial charge in [0.15, 0.2) is 0 Å². The van der Waals surface area contributed by atoms with Crippen molar-refractivity contribution in [1.82, 2.24) is 14.4 Å². The fourth-order valence-corrected chi connectivity index (χ4v) is 1.70. The van der Waals surface area contributed by atoms with Gasteiger partial charge in [-0.25, -0.2) is 9.97 Å². The molecule has 0 aromatic carbocycles. The Kier molecular flexibility index (Phi) is 1.67. The average molecular weight is 212 g/mol. The number of amides is 1. The number of nitrogens with two attached hydrogens (primary N) is 1. The zero-order chi connectivity index (χ0) is 11.1. The van der Waals surface area contributed by atoms with Crippen LogP contribution in [0.3, 0.4) is 0 Å². The molecule has 0 saturated carbocycles. The number of rotatable bonds is 1. The van der Waals surface area contributed by atoms with Gasteiger partial charge in [0.2, 0.25) is 0 Å². The zero-order valence-corrected chi connectivity index (χ0v) is 8.29. The fourth-order valence-electron chi connectivity index (χ4n) is 1.70. The molecule has 0 unspecified atom stereocenters. The van der Waals surface area contributed by atoms with Gasteiger partial charge in [0.1, 0.15) is 17.0 Å². The first-order chi connectivity index (χ1) is 7.75. The van der Waals surface area contributed by atoms with Crippen LogP contribution in [0.1, 0.15) is 10.5 Å². The minimum atomic E-state index is -0.529. The highest BCUT2D eigenvalue weighted by molar-refractivity contribution is 5.93. The summed E-state index contributed by atoms with van der Waals surface area (Å²) in [5, 5.41) is 0.940. The highest BCUT2D eigenvalue weighted by Crippen LogP contribution is 2.14. The number of hydrogen-bond acceptors (Lipinski definition) is 3. The SMILES string of the molecule is NC(=O)c1ccc2ccc3nccn3c2n1. The number of nitrogens with zero attached hydrogens (tertiary/aromatic N) is 3. The van der Waals surface area contributed by atoms with E-state index in [2.05, 4.69) is 9.97 Å². The Balaban J connectivity index is 2.46. The largest absolute Gasteiger partial charge is 0.364 e. The summed E-state index contributed by atoms with van der Waals surface area (Å²) in [7, 11) is 0. The van der Waals surface area contributed by atoms with Gasteiger partial charge in [-0.1, -0.05) is 0 Å². The lowest BCUT2D eigenvalue weighted by Crippen LogP contribution is -2.13. The Morgan fingerprint density at radius 1 is 1.25 bits per heavy atom. The van der Waals surface area contributed by atoms with E-state index in [1.54, 1.807) is 18.5 Å². The second-order valence-electron chi connectivity index (χ2n) is 3.46. The molecule has 5 heteroatoms. The van der Waals surface area contributed by atoms with E-state index in [0.717, 1.165) is 11.0 Å². The number of imidazole rings is 1. The van der Waals surface area contributed by atoms with Gasteiger partial charge >= 0.3 is 0 Å². The van der Waals surface area contributed by atoms with E-state index < -0.39 is 5.91 Å². The monoisotopic (exact) mass is 212 g/mol.